The summed E-state index contributed by atoms with van der Waals surface area (Å²) in [4.78, 5) is 27.2. The summed E-state index contributed by atoms with van der Waals surface area (Å²) < 4.78 is 11.1. The van der Waals surface area contributed by atoms with E-state index < -0.39 is 0 Å². The molecule has 0 aliphatic carbocycles. The molecule has 0 atom stereocenters. The van der Waals surface area contributed by atoms with Crippen molar-refractivity contribution in [1.82, 2.24) is 4.90 Å². The Balaban J connectivity index is 1.61. The Labute approximate surface area is 167 Å². The summed E-state index contributed by atoms with van der Waals surface area (Å²) in [6.45, 7) is 1.16. The van der Waals surface area contributed by atoms with E-state index in [1.807, 2.05) is 4.90 Å². The minimum Gasteiger partial charge on any atom is -0.497 e. The summed E-state index contributed by atoms with van der Waals surface area (Å²) in [6, 6.07) is 12.5. The molecule has 1 aliphatic heterocycles. The van der Waals surface area contributed by atoms with Gasteiger partial charge >= 0.3 is 0 Å². The first-order valence-corrected chi connectivity index (χ1v) is 9.64. The molecule has 5 nitrogen and oxygen atoms in total. The lowest BCUT2D eigenvalue weighted by Crippen LogP contribution is -2.40. The van der Waals surface area contributed by atoms with Gasteiger partial charge in [0.25, 0.3) is 5.91 Å². The van der Waals surface area contributed by atoms with E-state index in [1.54, 1.807) is 56.7 Å². The van der Waals surface area contributed by atoms with E-state index in [0.29, 0.717) is 42.8 Å². The molecule has 2 aromatic carbocycles. The number of likely N-dealkylation sites (tertiary alicyclic amines) is 1. The number of ketones is 1. The molecule has 3 rings (SSSR count). The molecule has 0 radical (unpaired) electrons. The van der Waals surface area contributed by atoms with Crippen LogP contribution in [0.15, 0.2) is 46.9 Å². The SMILES string of the molecule is COc1ccc(C(=O)C2CCN(C(=O)c3ccc(OC)c(Br)c3)CC2)cc1. The Kier molecular flexibility index (Phi) is 6.16. The molecule has 0 N–H and O–H groups in total. The van der Waals surface area contributed by atoms with E-state index in [2.05, 4.69) is 15.9 Å². The van der Waals surface area contributed by atoms with Crippen molar-refractivity contribution in [3.8, 4) is 11.5 Å². The number of amides is 1. The quantitative estimate of drug-likeness (QED) is 0.665. The normalized spacial score (nSPS) is 14.7. The van der Waals surface area contributed by atoms with Gasteiger partial charge < -0.3 is 14.4 Å². The summed E-state index contributed by atoms with van der Waals surface area (Å²) in [6.07, 6.45) is 1.35. The second-order valence-electron chi connectivity index (χ2n) is 6.51. The highest BCUT2D eigenvalue weighted by atomic mass is 79.9. The monoisotopic (exact) mass is 431 g/mol. The molecule has 0 spiro atoms. The third-order valence-corrected chi connectivity index (χ3v) is 5.55. The Morgan fingerprint density at radius 1 is 0.963 bits per heavy atom. The zero-order valence-electron chi connectivity index (χ0n) is 15.4. The summed E-state index contributed by atoms with van der Waals surface area (Å²) in [7, 11) is 3.19. The lowest BCUT2D eigenvalue weighted by atomic mass is 9.88. The van der Waals surface area contributed by atoms with Gasteiger partial charge in [0.15, 0.2) is 5.78 Å². The van der Waals surface area contributed by atoms with Crippen molar-refractivity contribution in [2.45, 2.75) is 12.8 Å². The summed E-state index contributed by atoms with van der Waals surface area (Å²) >= 11 is 3.42. The molecule has 1 amide bonds. The van der Waals surface area contributed by atoms with Crippen LogP contribution in [0.1, 0.15) is 33.6 Å². The van der Waals surface area contributed by atoms with Crippen LogP contribution in [0.3, 0.4) is 0 Å². The topological polar surface area (TPSA) is 55.8 Å². The molecule has 6 heteroatoms. The molecule has 0 unspecified atom stereocenters. The van der Waals surface area contributed by atoms with Crippen LogP contribution in [-0.2, 0) is 0 Å². The second kappa shape index (κ2) is 8.57. The summed E-state index contributed by atoms with van der Waals surface area (Å²) in [5.74, 6) is 1.49. The van der Waals surface area contributed by atoms with Crippen molar-refractivity contribution >= 4 is 27.6 Å². The predicted molar refractivity (Wildman–Crippen MR) is 107 cm³/mol. The molecule has 1 heterocycles. The molecular formula is C21H22BrNO4. The first-order valence-electron chi connectivity index (χ1n) is 8.84. The molecule has 142 valence electrons. The third kappa shape index (κ3) is 4.33. The molecule has 1 aliphatic rings. The highest BCUT2D eigenvalue weighted by Crippen LogP contribution is 2.28. The van der Waals surface area contributed by atoms with Gasteiger partial charge in [-0.05, 0) is 71.2 Å². The Bertz CT molecular complexity index is 827. The van der Waals surface area contributed by atoms with Gasteiger partial charge in [-0.15, -0.1) is 0 Å². The summed E-state index contributed by atoms with van der Waals surface area (Å²) in [5, 5.41) is 0. The van der Waals surface area contributed by atoms with Gasteiger partial charge in [0.2, 0.25) is 0 Å². The molecule has 2 aromatic rings. The highest BCUT2D eigenvalue weighted by molar-refractivity contribution is 9.10. The summed E-state index contributed by atoms with van der Waals surface area (Å²) in [5.41, 5.74) is 1.31. The van der Waals surface area contributed by atoms with Gasteiger partial charge in [-0.25, -0.2) is 0 Å². The number of nitrogens with zero attached hydrogens (tertiary/aromatic N) is 1. The van der Waals surface area contributed by atoms with Crippen LogP contribution in [0, 0.1) is 5.92 Å². The number of methoxy groups -OCH3 is 2. The first kappa shape index (κ1) is 19.4. The molecule has 0 saturated carbocycles. The third-order valence-electron chi connectivity index (χ3n) is 4.93. The van der Waals surface area contributed by atoms with E-state index in [1.165, 1.54) is 0 Å². The van der Waals surface area contributed by atoms with Crippen LogP contribution in [0.5, 0.6) is 11.5 Å². The van der Waals surface area contributed by atoms with E-state index in [9.17, 15) is 9.59 Å². The number of halogens is 1. The number of ether oxygens (including phenoxy) is 2. The first-order chi connectivity index (χ1) is 13.0. The van der Waals surface area contributed by atoms with Gasteiger partial charge in [0, 0.05) is 30.1 Å². The molecule has 1 saturated heterocycles. The number of rotatable bonds is 5. The molecular weight excluding hydrogens is 410 g/mol. The van der Waals surface area contributed by atoms with E-state index >= 15 is 0 Å². The number of hydrogen-bond donors (Lipinski definition) is 0. The van der Waals surface area contributed by atoms with Crippen LogP contribution < -0.4 is 9.47 Å². The van der Waals surface area contributed by atoms with Crippen molar-refractivity contribution in [1.29, 1.82) is 0 Å². The van der Waals surface area contributed by atoms with Gasteiger partial charge in [-0.1, -0.05) is 0 Å². The van der Waals surface area contributed by atoms with Gasteiger partial charge in [0.05, 0.1) is 18.7 Å². The van der Waals surface area contributed by atoms with Crippen molar-refractivity contribution in [2.24, 2.45) is 5.92 Å². The maximum absolute atomic E-state index is 12.7. The van der Waals surface area contributed by atoms with E-state index in [-0.39, 0.29) is 17.6 Å². The molecule has 27 heavy (non-hydrogen) atoms. The number of piperidine rings is 1. The van der Waals surface area contributed by atoms with E-state index in [0.717, 1.165) is 10.2 Å². The highest BCUT2D eigenvalue weighted by Gasteiger charge is 2.28. The predicted octanol–water partition coefficient (Wildman–Crippen LogP) is 4.20. The Morgan fingerprint density at radius 3 is 2.15 bits per heavy atom. The minimum atomic E-state index is -0.0509. The van der Waals surface area contributed by atoms with Crippen LogP contribution in [0.4, 0.5) is 0 Å². The van der Waals surface area contributed by atoms with E-state index in [4.69, 9.17) is 9.47 Å². The minimum absolute atomic E-state index is 0.0197. The molecule has 0 aromatic heterocycles. The Morgan fingerprint density at radius 2 is 1.59 bits per heavy atom. The average molecular weight is 432 g/mol. The van der Waals surface area contributed by atoms with Crippen molar-refractivity contribution in [3.63, 3.8) is 0 Å². The lowest BCUT2D eigenvalue weighted by molar-refractivity contribution is 0.0650. The standard InChI is InChI=1S/C21H22BrNO4/c1-26-17-6-3-14(4-7-17)20(24)15-9-11-23(12-10-15)21(25)16-5-8-19(27-2)18(22)13-16/h3-8,13,15H,9-12H2,1-2H3. The smallest absolute Gasteiger partial charge is 0.253 e. The van der Waals surface area contributed by atoms with Gasteiger partial charge in [-0.2, -0.15) is 0 Å². The lowest BCUT2D eigenvalue weighted by Gasteiger charge is -2.31. The largest absolute Gasteiger partial charge is 0.497 e. The zero-order chi connectivity index (χ0) is 19.4. The fourth-order valence-electron chi connectivity index (χ4n) is 3.32. The second-order valence-corrected chi connectivity index (χ2v) is 7.36. The number of carbonyl (C=O) groups is 2. The zero-order valence-corrected chi connectivity index (χ0v) is 17.0. The van der Waals surface area contributed by atoms with Crippen molar-refractivity contribution in [2.75, 3.05) is 27.3 Å². The van der Waals surface area contributed by atoms with Crippen LogP contribution in [-0.4, -0.2) is 43.9 Å². The fourth-order valence-corrected chi connectivity index (χ4v) is 3.86. The maximum Gasteiger partial charge on any atom is 0.253 e. The fraction of sp³-hybridized carbons (Fsp3) is 0.333. The number of hydrogen-bond acceptors (Lipinski definition) is 4. The van der Waals surface area contributed by atoms with Gasteiger partial charge in [-0.3, -0.25) is 9.59 Å². The number of carbonyl (C=O) groups excluding carboxylic acids is 2. The number of benzene rings is 2. The van der Waals surface area contributed by atoms with Gasteiger partial charge in [0.1, 0.15) is 11.5 Å². The molecule has 1 fully saturated rings. The van der Waals surface area contributed by atoms with Crippen molar-refractivity contribution < 1.29 is 19.1 Å². The van der Waals surface area contributed by atoms with Crippen LogP contribution >= 0.6 is 15.9 Å². The Hall–Kier alpha value is -2.34. The van der Waals surface area contributed by atoms with Crippen LogP contribution in [0.2, 0.25) is 0 Å². The van der Waals surface area contributed by atoms with Crippen LogP contribution in [0.25, 0.3) is 0 Å². The van der Waals surface area contributed by atoms with Crippen molar-refractivity contribution in [3.05, 3.63) is 58.1 Å². The maximum atomic E-state index is 12.7. The molecule has 0 bridgehead atoms. The average Bonchev–Trinajstić information content (AvgIpc) is 2.73. The number of Topliss-reactive ketones (excluding diaryl/α,β-unsaturated/α-hetero) is 1.